The highest BCUT2D eigenvalue weighted by molar-refractivity contribution is 7.14. The second-order valence-corrected chi connectivity index (χ2v) is 6.35. The summed E-state index contributed by atoms with van der Waals surface area (Å²) in [7, 11) is 0. The second-order valence-electron chi connectivity index (χ2n) is 5.09. The molecule has 5 heteroatoms. The first kappa shape index (κ1) is 16.6. The van der Waals surface area contributed by atoms with Gasteiger partial charge in [-0.1, -0.05) is 19.1 Å². The highest BCUT2D eigenvalue weighted by Crippen LogP contribution is 2.31. The Morgan fingerprint density at radius 3 is 2.59 bits per heavy atom. The van der Waals surface area contributed by atoms with Crippen molar-refractivity contribution in [3.05, 3.63) is 45.9 Å². The van der Waals surface area contributed by atoms with E-state index in [4.69, 9.17) is 0 Å². The summed E-state index contributed by atoms with van der Waals surface area (Å²) < 4.78 is 13.0. The molecule has 22 heavy (non-hydrogen) atoms. The van der Waals surface area contributed by atoms with Gasteiger partial charge in [0, 0.05) is 18.0 Å². The molecule has 2 N–H and O–H groups in total. The monoisotopic (exact) mass is 320 g/mol. The molecule has 2 aromatic rings. The van der Waals surface area contributed by atoms with Crippen LogP contribution in [0, 0.1) is 12.7 Å². The summed E-state index contributed by atoms with van der Waals surface area (Å²) in [5.74, 6) is -0.311. The van der Waals surface area contributed by atoms with Crippen molar-refractivity contribution in [1.29, 1.82) is 0 Å². The van der Waals surface area contributed by atoms with Crippen LogP contribution in [0.2, 0.25) is 0 Å². The fraction of sp³-hybridized carbons (Fsp3) is 0.353. The smallest absolute Gasteiger partial charge is 0.261 e. The summed E-state index contributed by atoms with van der Waals surface area (Å²) in [5, 5.41) is 6.15. The average molecular weight is 320 g/mol. The minimum atomic E-state index is -0.255. The summed E-state index contributed by atoms with van der Waals surface area (Å²) in [4.78, 5) is 13.9. The maximum atomic E-state index is 13.0. The zero-order chi connectivity index (χ0) is 15.9. The number of rotatable bonds is 7. The predicted molar refractivity (Wildman–Crippen MR) is 89.9 cm³/mol. The zero-order valence-corrected chi connectivity index (χ0v) is 13.7. The second kappa shape index (κ2) is 8.06. The van der Waals surface area contributed by atoms with Crippen LogP contribution >= 0.6 is 11.3 Å². The summed E-state index contributed by atoms with van der Waals surface area (Å²) in [6.07, 6.45) is 1.08. The molecule has 0 bridgehead atoms. The molecular formula is C17H21FN2OS. The molecule has 1 aromatic carbocycles. The van der Waals surface area contributed by atoms with Gasteiger partial charge in [0.1, 0.15) is 5.82 Å². The number of halogens is 1. The Labute approximate surface area is 134 Å². The lowest BCUT2D eigenvalue weighted by Gasteiger charge is -2.04. The van der Waals surface area contributed by atoms with Crippen molar-refractivity contribution < 1.29 is 9.18 Å². The van der Waals surface area contributed by atoms with Gasteiger partial charge >= 0.3 is 0 Å². The Balaban J connectivity index is 1.99. The standard InChI is InChI=1S/C17H21FN2OS/c1-3-8-19-9-10-20-17(21)16-11-15(12(2)22-16)13-4-6-14(18)7-5-13/h4-7,11,19H,3,8-10H2,1-2H3,(H,20,21). The van der Waals surface area contributed by atoms with Crippen molar-refractivity contribution in [3.8, 4) is 11.1 Å². The van der Waals surface area contributed by atoms with Crippen molar-refractivity contribution in [1.82, 2.24) is 10.6 Å². The van der Waals surface area contributed by atoms with E-state index in [1.54, 1.807) is 12.1 Å². The Hall–Kier alpha value is -1.72. The third-order valence-electron chi connectivity index (χ3n) is 3.31. The Morgan fingerprint density at radius 2 is 1.91 bits per heavy atom. The minimum Gasteiger partial charge on any atom is -0.350 e. The van der Waals surface area contributed by atoms with E-state index >= 15 is 0 Å². The van der Waals surface area contributed by atoms with Crippen molar-refractivity contribution in [2.75, 3.05) is 19.6 Å². The molecule has 0 aliphatic rings. The van der Waals surface area contributed by atoms with E-state index in [1.807, 2.05) is 13.0 Å². The van der Waals surface area contributed by atoms with E-state index in [2.05, 4.69) is 17.6 Å². The average Bonchev–Trinajstić information content (AvgIpc) is 2.90. The topological polar surface area (TPSA) is 41.1 Å². The van der Waals surface area contributed by atoms with Gasteiger partial charge in [-0.2, -0.15) is 0 Å². The number of benzene rings is 1. The van der Waals surface area contributed by atoms with Crippen molar-refractivity contribution in [2.45, 2.75) is 20.3 Å². The molecule has 118 valence electrons. The molecule has 0 aliphatic carbocycles. The number of amides is 1. The van der Waals surface area contributed by atoms with Crippen LogP contribution < -0.4 is 10.6 Å². The molecule has 0 aliphatic heterocycles. The number of carbonyl (C=O) groups is 1. The van der Waals surface area contributed by atoms with Crippen LogP contribution in [0.1, 0.15) is 27.9 Å². The van der Waals surface area contributed by atoms with E-state index < -0.39 is 0 Å². The van der Waals surface area contributed by atoms with Crippen molar-refractivity contribution >= 4 is 17.2 Å². The summed E-state index contributed by atoms with van der Waals surface area (Å²) >= 11 is 1.46. The van der Waals surface area contributed by atoms with Gasteiger partial charge in [-0.3, -0.25) is 4.79 Å². The first-order valence-corrected chi connectivity index (χ1v) is 8.28. The summed E-state index contributed by atoms with van der Waals surface area (Å²) in [6, 6.07) is 8.22. The maximum absolute atomic E-state index is 13.0. The van der Waals surface area contributed by atoms with E-state index in [0.717, 1.165) is 35.5 Å². The van der Waals surface area contributed by atoms with Gasteiger partial charge in [0.25, 0.3) is 5.91 Å². The van der Waals surface area contributed by atoms with Gasteiger partial charge in [-0.15, -0.1) is 11.3 Å². The number of nitrogens with one attached hydrogen (secondary N) is 2. The minimum absolute atomic E-state index is 0.0558. The van der Waals surface area contributed by atoms with E-state index in [1.165, 1.54) is 23.5 Å². The van der Waals surface area contributed by atoms with Gasteiger partial charge in [0.2, 0.25) is 0 Å². The Bertz CT molecular complexity index is 622. The van der Waals surface area contributed by atoms with Crippen LogP contribution in [-0.2, 0) is 0 Å². The molecule has 1 aromatic heterocycles. The molecule has 0 atom stereocenters. The SMILES string of the molecule is CCCNCCNC(=O)c1cc(-c2ccc(F)cc2)c(C)s1. The molecular weight excluding hydrogens is 299 g/mol. The fourth-order valence-electron chi connectivity index (χ4n) is 2.16. The molecule has 3 nitrogen and oxygen atoms in total. The van der Waals surface area contributed by atoms with Crippen LogP contribution in [0.5, 0.6) is 0 Å². The van der Waals surface area contributed by atoms with Gasteiger partial charge < -0.3 is 10.6 Å². The zero-order valence-electron chi connectivity index (χ0n) is 12.9. The number of carbonyl (C=O) groups excluding carboxylic acids is 1. The number of hydrogen-bond acceptors (Lipinski definition) is 3. The number of aryl methyl sites for hydroxylation is 1. The highest BCUT2D eigenvalue weighted by Gasteiger charge is 2.13. The van der Waals surface area contributed by atoms with Crippen LogP contribution in [0.3, 0.4) is 0 Å². The van der Waals surface area contributed by atoms with E-state index in [-0.39, 0.29) is 11.7 Å². The molecule has 2 rings (SSSR count). The Kier molecular flexibility index (Phi) is 6.10. The first-order valence-electron chi connectivity index (χ1n) is 7.47. The van der Waals surface area contributed by atoms with Crippen LogP contribution in [0.25, 0.3) is 11.1 Å². The molecule has 0 saturated carbocycles. The lowest BCUT2D eigenvalue weighted by molar-refractivity contribution is 0.0958. The highest BCUT2D eigenvalue weighted by atomic mass is 32.1. The molecule has 1 amide bonds. The van der Waals surface area contributed by atoms with Crippen LogP contribution in [0.4, 0.5) is 4.39 Å². The molecule has 0 unspecified atom stereocenters. The van der Waals surface area contributed by atoms with Crippen molar-refractivity contribution in [3.63, 3.8) is 0 Å². The molecule has 0 spiro atoms. The van der Waals surface area contributed by atoms with Gasteiger partial charge in [-0.25, -0.2) is 4.39 Å². The normalized spacial score (nSPS) is 10.7. The van der Waals surface area contributed by atoms with Crippen LogP contribution in [-0.4, -0.2) is 25.5 Å². The third kappa shape index (κ3) is 4.39. The summed E-state index contributed by atoms with van der Waals surface area (Å²) in [5.41, 5.74) is 1.91. The number of thiophene rings is 1. The largest absolute Gasteiger partial charge is 0.350 e. The van der Waals surface area contributed by atoms with Gasteiger partial charge in [0.05, 0.1) is 4.88 Å². The Morgan fingerprint density at radius 1 is 1.18 bits per heavy atom. The quantitative estimate of drug-likeness (QED) is 0.766. The van der Waals surface area contributed by atoms with Gasteiger partial charge in [0.15, 0.2) is 0 Å². The lowest BCUT2D eigenvalue weighted by atomic mass is 10.1. The molecule has 0 radical (unpaired) electrons. The lowest BCUT2D eigenvalue weighted by Crippen LogP contribution is -2.31. The number of hydrogen-bond donors (Lipinski definition) is 2. The predicted octanol–water partition coefficient (Wildman–Crippen LogP) is 3.59. The van der Waals surface area contributed by atoms with E-state index in [0.29, 0.717) is 11.4 Å². The third-order valence-corrected chi connectivity index (χ3v) is 4.36. The summed E-state index contributed by atoms with van der Waals surface area (Å²) in [6.45, 7) is 6.43. The first-order chi connectivity index (χ1) is 10.6. The van der Waals surface area contributed by atoms with E-state index in [9.17, 15) is 9.18 Å². The molecule has 0 fully saturated rings. The molecule has 0 saturated heterocycles. The fourth-order valence-corrected chi connectivity index (χ4v) is 3.12. The molecule has 1 heterocycles. The van der Waals surface area contributed by atoms with Gasteiger partial charge in [-0.05, 0) is 49.2 Å². The van der Waals surface area contributed by atoms with Crippen LogP contribution in [0.15, 0.2) is 30.3 Å². The van der Waals surface area contributed by atoms with Crippen molar-refractivity contribution in [2.24, 2.45) is 0 Å². The maximum Gasteiger partial charge on any atom is 0.261 e.